The molecule has 7 heteroatoms. The van der Waals surface area contributed by atoms with Gasteiger partial charge < -0.3 is 9.73 Å². The number of furan rings is 1. The summed E-state index contributed by atoms with van der Waals surface area (Å²) in [5.74, 6) is -0.272. The molecule has 0 atom stereocenters. The maximum absolute atomic E-state index is 12.5. The average molecular weight is 417 g/mol. The Morgan fingerprint density at radius 2 is 1.96 bits per heavy atom. The minimum absolute atomic E-state index is 0.0841. The smallest absolute Gasteiger partial charge is 0.271 e. The van der Waals surface area contributed by atoms with Gasteiger partial charge in [0.2, 0.25) is 5.91 Å². The minimum atomic E-state index is -0.500. The van der Waals surface area contributed by atoms with Gasteiger partial charge in [0, 0.05) is 27.6 Å². The molecule has 134 valence electrons. The lowest BCUT2D eigenvalue weighted by molar-refractivity contribution is -0.384. The van der Waals surface area contributed by atoms with E-state index in [1.54, 1.807) is 6.26 Å². The van der Waals surface area contributed by atoms with Gasteiger partial charge in [-0.1, -0.05) is 6.07 Å². The lowest BCUT2D eigenvalue weighted by atomic mass is 9.99. The van der Waals surface area contributed by atoms with Crippen molar-refractivity contribution in [2.75, 3.05) is 5.32 Å². The Bertz CT molecular complexity index is 1040. The second-order valence-electron chi connectivity index (χ2n) is 6.25. The Morgan fingerprint density at radius 3 is 2.65 bits per heavy atom. The second-order valence-corrected chi connectivity index (χ2v) is 7.10. The number of nitro groups is 1. The molecule has 0 aliphatic rings. The summed E-state index contributed by atoms with van der Waals surface area (Å²) in [5.41, 5.74) is 5.11. The predicted octanol–water partition coefficient (Wildman–Crippen LogP) is 5.21. The molecule has 0 radical (unpaired) electrons. The van der Waals surface area contributed by atoms with E-state index < -0.39 is 4.92 Å². The third-order valence-corrected chi connectivity index (χ3v) is 5.10. The van der Waals surface area contributed by atoms with Crippen molar-refractivity contribution in [2.45, 2.75) is 27.2 Å². The van der Waals surface area contributed by atoms with Crippen molar-refractivity contribution < 1.29 is 14.1 Å². The van der Waals surface area contributed by atoms with E-state index >= 15 is 0 Å². The Morgan fingerprint density at radius 1 is 1.23 bits per heavy atom. The van der Waals surface area contributed by atoms with Crippen molar-refractivity contribution in [3.8, 4) is 0 Å². The Balaban J connectivity index is 1.88. The van der Waals surface area contributed by atoms with Gasteiger partial charge in [-0.25, -0.2) is 0 Å². The number of nitro benzene ring substituents is 1. The molecule has 2 aromatic carbocycles. The molecule has 0 aliphatic carbocycles. The second kappa shape index (κ2) is 6.92. The van der Waals surface area contributed by atoms with Gasteiger partial charge in [0.15, 0.2) is 0 Å². The number of rotatable bonds is 4. The molecule has 6 nitrogen and oxygen atoms in total. The van der Waals surface area contributed by atoms with E-state index in [1.807, 2.05) is 20.8 Å². The third kappa shape index (κ3) is 3.35. The van der Waals surface area contributed by atoms with Crippen LogP contribution in [0.2, 0.25) is 0 Å². The van der Waals surface area contributed by atoms with Gasteiger partial charge in [-0.2, -0.15) is 0 Å². The maximum atomic E-state index is 12.5. The molecule has 0 fully saturated rings. The first-order valence-corrected chi connectivity index (χ1v) is 8.78. The number of nitrogens with zero attached hydrogens (tertiary/aromatic N) is 1. The standard InChI is InChI=1S/C19H17BrN2O4/c1-10-6-11(2)18-13(9-26-19(18)12(10)3)7-17(23)21-16-8-14(22(24)25)4-5-15(16)20/h4-6,8-9H,7H2,1-3H3,(H,21,23). The number of hydrogen-bond donors (Lipinski definition) is 1. The zero-order chi connectivity index (χ0) is 19.0. The van der Waals surface area contributed by atoms with Gasteiger partial charge >= 0.3 is 0 Å². The summed E-state index contributed by atoms with van der Waals surface area (Å²) in [4.78, 5) is 22.9. The molecule has 1 heterocycles. The Labute approximate surface area is 158 Å². The first-order chi connectivity index (χ1) is 12.3. The lowest BCUT2D eigenvalue weighted by Gasteiger charge is -2.08. The molecule has 3 rings (SSSR count). The van der Waals surface area contributed by atoms with Crippen molar-refractivity contribution >= 4 is 44.2 Å². The predicted molar refractivity (Wildman–Crippen MR) is 104 cm³/mol. The number of non-ortho nitro benzene ring substituents is 1. The fraction of sp³-hybridized carbons (Fsp3) is 0.211. The van der Waals surface area contributed by atoms with E-state index in [1.165, 1.54) is 18.2 Å². The Hall–Kier alpha value is -2.67. The van der Waals surface area contributed by atoms with Gasteiger partial charge in [-0.05, 0) is 59.5 Å². The number of halogens is 1. The number of fused-ring (bicyclic) bond motifs is 1. The number of aryl methyl sites for hydroxylation is 3. The molecule has 1 N–H and O–H groups in total. The van der Waals surface area contributed by atoms with Gasteiger partial charge in [-0.15, -0.1) is 0 Å². The lowest BCUT2D eigenvalue weighted by Crippen LogP contribution is -2.14. The summed E-state index contributed by atoms with van der Waals surface area (Å²) >= 11 is 3.30. The molecule has 0 aliphatic heterocycles. The summed E-state index contributed by atoms with van der Waals surface area (Å²) in [7, 11) is 0. The van der Waals surface area contributed by atoms with Crippen LogP contribution in [-0.2, 0) is 11.2 Å². The highest BCUT2D eigenvalue weighted by atomic mass is 79.9. The largest absolute Gasteiger partial charge is 0.464 e. The van der Waals surface area contributed by atoms with Gasteiger partial charge in [0.05, 0.1) is 23.3 Å². The summed E-state index contributed by atoms with van der Waals surface area (Å²) in [6, 6.07) is 6.31. The highest BCUT2D eigenvalue weighted by Crippen LogP contribution is 2.31. The Kier molecular flexibility index (Phi) is 4.82. The van der Waals surface area contributed by atoms with Crippen LogP contribution in [0.4, 0.5) is 11.4 Å². The summed E-state index contributed by atoms with van der Waals surface area (Å²) in [5, 5.41) is 14.6. The summed E-state index contributed by atoms with van der Waals surface area (Å²) < 4.78 is 6.27. The fourth-order valence-corrected chi connectivity index (χ4v) is 3.35. The van der Waals surface area contributed by atoms with Crippen LogP contribution in [0, 0.1) is 30.9 Å². The van der Waals surface area contributed by atoms with Crippen LogP contribution < -0.4 is 5.32 Å². The molecule has 0 saturated carbocycles. The zero-order valence-corrected chi connectivity index (χ0v) is 16.1. The zero-order valence-electron chi connectivity index (χ0n) is 14.6. The minimum Gasteiger partial charge on any atom is -0.464 e. The molecule has 0 bridgehead atoms. The molecule has 3 aromatic rings. The third-order valence-electron chi connectivity index (χ3n) is 4.41. The van der Waals surface area contributed by atoms with Crippen LogP contribution in [-0.4, -0.2) is 10.8 Å². The van der Waals surface area contributed by atoms with Crippen molar-refractivity contribution in [1.82, 2.24) is 0 Å². The van der Waals surface area contributed by atoms with E-state index in [-0.39, 0.29) is 18.0 Å². The van der Waals surface area contributed by atoms with Gasteiger partial charge in [0.25, 0.3) is 5.69 Å². The number of anilines is 1. The first-order valence-electron chi connectivity index (χ1n) is 7.98. The van der Waals surface area contributed by atoms with E-state index in [9.17, 15) is 14.9 Å². The van der Waals surface area contributed by atoms with Crippen LogP contribution in [0.3, 0.4) is 0 Å². The molecule has 1 aromatic heterocycles. The fourth-order valence-electron chi connectivity index (χ4n) is 3.01. The van der Waals surface area contributed by atoms with E-state index in [2.05, 4.69) is 27.3 Å². The number of carbonyl (C=O) groups excluding carboxylic acids is 1. The van der Waals surface area contributed by atoms with Crippen molar-refractivity contribution in [2.24, 2.45) is 0 Å². The quantitative estimate of drug-likeness (QED) is 0.467. The molecule has 0 unspecified atom stereocenters. The average Bonchev–Trinajstić information content (AvgIpc) is 2.98. The SMILES string of the molecule is Cc1cc(C)c2c(CC(=O)Nc3cc([N+](=O)[O-])ccc3Br)coc2c1C. The summed E-state index contributed by atoms with van der Waals surface area (Å²) in [6.07, 6.45) is 1.72. The van der Waals surface area contributed by atoms with E-state index in [0.717, 1.165) is 33.2 Å². The van der Waals surface area contributed by atoms with Crippen LogP contribution in [0.15, 0.2) is 39.4 Å². The number of hydrogen-bond acceptors (Lipinski definition) is 4. The van der Waals surface area contributed by atoms with Gasteiger partial charge in [-0.3, -0.25) is 14.9 Å². The van der Waals surface area contributed by atoms with Gasteiger partial charge in [0.1, 0.15) is 5.58 Å². The number of amides is 1. The monoisotopic (exact) mass is 416 g/mol. The number of benzene rings is 2. The molecular weight excluding hydrogens is 400 g/mol. The first kappa shape index (κ1) is 18.1. The maximum Gasteiger partial charge on any atom is 0.271 e. The van der Waals surface area contributed by atoms with Crippen LogP contribution in [0.1, 0.15) is 22.3 Å². The van der Waals surface area contributed by atoms with Crippen LogP contribution in [0.5, 0.6) is 0 Å². The van der Waals surface area contributed by atoms with E-state index in [4.69, 9.17) is 4.42 Å². The van der Waals surface area contributed by atoms with Crippen molar-refractivity contribution in [3.63, 3.8) is 0 Å². The number of nitrogens with one attached hydrogen (secondary N) is 1. The topological polar surface area (TPSA) is 85.4 Å². The molecular formula is C19H17BrN2O4. The molecule has 1 amide bonds. The molecule has 0 saturated heterocycles. The number of carbonyl (C=O) groups is 1. The molecule has 0 spiro atoms. The van der Waals surface area contributed by atoms with Crippen LogP contribution >= 0.6 is 15.9 Å². The summed E-state index contributed by atoms with van der Waals surface area (Å²) in [6.45, 7) is 6.00. The normalized spacial score (nSPS) is 10.9. The van der Waals surface area contributed by atoms with Crippen molar-refractivity contribution in [1.29, 1.82) is 0 Å². The van der Waals surface area contributed by atoms with Crippen molar-refractivity contribution in [3.05, 3.63) is 67.4 Å². The van der Waals surface area contributed by atoms with Crippen LogP contribution in [0.25, 0.3) is 11.0 Å². The highest BCUT2D eigenvalue weighted by molar-refractivity contribution is 9.10. The molecule has 26 heavy (non-hydrogen) atoms. The highest BCUT2D eigenvalue weighted by Gasteiger charge is 2.17. The van der Waals surface area contributed by atoms with E-state index in [0.29, 0.717) is 10.2 Å².